The van der Waals surface area contributed by atoms with Gasteiger partial charge in [0.25, 0.3) is 0 Å². The highest BCUT2D eigenvalue weighted by molar-refractivity contribution is 8.15. The van der Waals surface area contributed by atoms with Crippen molar-refractivity contribution in [3.63, 3.8) is 0 Å². The maximum absolute atomic E-state index is 12.7. The highest BCUT2D eigenvalue weighted by Crippen LogP contribution is 2.21. The van der Waals surface area contributed by atoms with Crippen LogP contribution in [0.4, 0.5) is 4.39 Å². The van der Waals surface area contributed by atoms with Gasteiger partial charge in [0.05, 0.1) is 11.5 Å². The summed E-state index contributed by atoms with van der Waals surface area (Å²) in [6, 6.07) is 5.82. The lowest BCUT2D eigenvalue weighted by atomic mass is 10.2. The predicted octanol–water partition coefficient (Wildman–Crippen LogP) is 1.13. The van der Waals surface area contributed by atoms with Gasteiger partial charge in [-0.1, -0.05) is 23.9 Å². The zero-order valence-corrected chi connectivity index (χ0v) is 10.7. The van der Waals surface area contributed by atoms with Gasteiger partial charge in [0.2, 0.25) is 5.91 Å². The van der Waals surface area contributed by atoms with Crippen LogP contribution in [-0.2, 0) is 4.79 Å². The summed E-state index contributed by atoms with van der Waals surface area (Å²) in [7, 11) is 0. The van der Waals surface area contributed by atoms with Gasteiger partial charge in [-0.25, -0.2) is 4.39 Å². The number of carbonyl (C=O) groups is 1. The summed E-state index contributed by atoms with van der Waals surface area (Å²) in [6.07, 6.45) is 1.86. The van der Waals surface area contributed by atoms with Gasteiger partial charge in [0, 0.05) is 6.61 Å². The van der Waals surface area contributed by atoms with Crippen molar-refractivity contribution in [2.45, 2.75) is 11.7 Å². The van der Waals surface area contributed by atoms with E-state index in [1.54, 1.807) is 12.1 Å². The van der Waals surface area contributed by atoms with Crippen LogP contribution in [0.25, 0.3) is 0 Å². The third kappa shape index (κ3) is 3.87. The van der Waals surface area contributed by atoms with Crippen molar-refractivity contribution in [2.24, 2.45) is 10.2 Å². The van der Waals surface area contributed by atoms with Gasteiger partial charge in [-0.05, 0) is 24.1 Å². The summed E-state index contributed by atoms with van der Waals surface area (Å²) in [5, 5.41) is 19.1. The molecule has 0 saturated carbocycles. The number of aliphatic hydroxyl groups is 1. The minimum absolute atomic E-state index is 0.0444. The van der Waals surface area contributed by atoms with Gasteiger partial charge in [0.15, 0.2) is 5.17 Å². The second kappa shape index (κ2) is 6.44. The van der Waals surface area contributed by atoms with E-state index in [0.29, 0.717) is 17.2 Å². The molecule has 0 spiro atoms. The number of thioether (sulfide) groups is 1. The number of nitrogens with one attached hydrogen (secondary N) is 1. The predicted molar refractivity (Wildman–Crippen MR) is 72.7 cm³/mol. The average molecular weight is 281 g/mol. The molecule has 5 nitrogen and oxygen atoms in total. The van der Waals surface area contributed by atoms with Crippen molar-refractivity contribution < 1.29 is 14.3 Å². The van der Waals surface area contributed by atoms with E-state index in [9.17, 15) is 9.18 Å². The first-order valence-corrected chi connectivity index (χ1v) is 6.52. The molecule has 2 N–H and O–H groups in total. The Kier molecular flexibility index (Phi) is 4.64. The second-order valence-electron chi connectivity index (χ2n) is 3.81. The summed E-state index contributed by atoms with van der Waals surface area (Å²) >= 11 is 1.24. The van der Waals surface area contributed by atoms with E-state index in [0.717, 1.165) is 0 Å². The molecular formula is C12H12FN3O2S. The van der Waals surface area contributed by atoms with Crippen LogP contribution in [0, 0.1) is 5.82 Å². The molecule has 1 aromatic carbocycles. The first-order chi connectivity index (χ1) is 9.19. The highest BCUT2D eigenvalue weighted by Gasteiger charge is 2.29. The number of nitrogens with zero attached hydrogens (tertiary/aromatic N) is 2. The summed E-state index contributed by atoms with van der Waals surface area (Å²) < 4.78 is 12.7. The highest BCUT2D eigenvalue weighted by atomic mass is 32.2. The molecule has 1 aliphatic heterocycles. The van der Waals surface area contributed by atoms with Crippen LogP contribution in [0.2, 0.25) is 0 Å². The molecule has 0 radical (unpaired) electrons. The fourth-order valence-corrected chi connectivity index (χ4v) is 2.37. The van der Waals surface area contributed by atoms with Crippen molar-refractivity contribution >= 4 is 29.1 Å². The molecule has 1 atom stereocenters. The lowest BCUT2D eigenvalue weighted by Crippen LogP contribution is -2.25. The number of amidine groups is 1. The van der Waals surface area contributed by atoms with Crippen LogP contribution in [-0.4, -0.2) is 34.3 Å². The molecule has 1 saturated heterocycles. The molecule has 19 heavy (non-hydrogen) atoms. The zero-order valence-electron chi connectivity index (χ0n) is 9.91. The second-order valence-corrected chi connectivity index (χ2v) is 5.00. The SMILES string of the molecule is O=C1N/C(=N\N=C\c2ccc(F)cc2)SC1CCO. The lowest BCUT2D eigenvalue weighted by Gasteiger charge is -1.98. The van der Waals surface area contributed by atoms with E-state index < -0.39 is 0 Å². The molecule has 1 fully saturated rings. The topological polar surface area (TPSA) is 74.0 Å². The average Bonchev–Trinajstić information content (AvgIpc) is 2.73. The van der Waals surface area contributed by atoms with Crippen LogP contribution in [0.15, 0.2) is 34.5 Å². The minimum Gasteiger partial charge on any atom is -0.396 e. The van der Waals surface area contributed by atoms with E-state index in [4.69, 9.17) is 5.11 Å². The molecule has 7 heteroatoms. The van der Waals surface area contributed by atoms with Crippen LogP contribution in [0.5, 0.6) is 0 Å². The van der Waals surface area contributed by atoms with E-state index >= 15 is 0 Å². The Morgan fingerprint density at radius 1 is 1.42 bits per heavy atom. The van der Waals surface area contributed by atoms with E-state index in [1.165, 1.54) is 30.1 Å². The fourth-order valence-electron chi connectivity index (χ4n) is 1.46. The molecule has 1 aromatic rings. The summed E-state index contributed by atoms with van der Waals surface area (Å²) in [5.74, 6) is -0.483. The Labute approximate surface area is 113 Å². The summed E-state index contributed by atoms with van der Waals surface area (Å²) in [5.41, 5.74) is 0.715. The third-order valence-corrected chi connectivity index (χ3v) is 3.53. The molecule has 2 rings (SSSR count). The minimum atomic E-state index is -0.315. The van der Waals surface area contributed by atoms with Gasteiger partial charge < -0.3 is 10.4 Å². The molecule has 1 unspecified atom stereocenters. The van der Waals surface area contributed by atoms with Crippen LogP contribution in [0.1, 0.15) is 12.0 Å². The normalized spacial score (nSPS) is 21.3. The van der Waals surface area contributed by atoms with Crippen LogP contribution < -0.4 is 5.32 Å². The third-order valence-electron chi connectivity index (χ3n) is 2.39. The van der Waals surface area contributed by atoms with Crippen molar-refractivity contribution in [1.29, 1.82) is 0 Å². The number of hydrogen-bond acceptors (Lipinski definition) is 5. The number of aliphatic hydroxyl groups excluding tert-OH is 1. The zero-order chi connectivity index (χ0) is 13.7. The molecule has 1 aliphatic rings. The lowest BCUT2D eigenvalue weighted by molar-refractivity contribution is -0.119. The van der Waals surface area contributed by atoms with Crippen LogP contribution in [0.3, 0.4) is 0 Å². The van der Waals surface area contributed by atoms with E-state index in [1.807, 2.05) is 0 Å². The Balaban J connectivity index is 1.96. The number of carbonyl (C=O) groups excluding carboxylic acids is 1. The number of amides is 1. The van der Waals surface area contributed by atoms with Crippen molar-refractivity contribution in [1.82, 2.24) is 5.32 Å². The summed E-state index contributed by atoms with van der Waals surface area (Å²) in [6.45, 7) is -0.0444. The first-order valence-electron chi connectivity index (χ1n) is 5.64. The molecule has 0 aromatic heterocycles. The molecule has 1 heterocycles. The van der Waals surface area contributed by atoms with Gasteiger partial charge in [0.1, 0.15) is 5.82 Å². The molecule has 0 bridgehead atoms. The molecule has 100 valence electrons. The first kappa shape index (κ1) is 13.7. The van der Waals surface area contributed by atoms with Crippen molar-refractivity contribution in [2.75, 3.05) is 6.61 Å². The Morgan fingerprint density at radius 3 is 2.84 bits per heavy atom. The van der Waals surface area contributed by atoms with Crippen LogP contribution >= 0.6 is 11.8 Å². The van der Waals surface area contributed by atoms with Gasteiger partial charge in [-0.3, -0.25) is 4.79 Å². The Bertz CT molecular complexity index is 516. The Morgan fingerprint density at radius 2 is 2.16 bits per heavy atom. The Hall–Kier alpha value is -1.73. The molecule has 0 aliphatic carbocycles. The monoisotopic (exact) mass is 281 g/mol. The van der Waals surface area contributed by atoms with Gasteiger partial charge >= 0.3 is 0 Å². The smallest absolute Gasteiger partial charge is 0.239 e. The molecular weight excluding hydrogens is 269 g/mol. The van der Waals surface area contributed by atoms with Crippen molar-refractivity contribution in [3.8, 4) is 0 Å². The molecule has 1 amide bonds. The standard InChI is InChI=1S/C12H12FN3O2S/c13-9-3-1-8(2-4-9)7-14-16-12-15-11(18)10(19-12)5-6-17/h1-4,7,10,17H,5-6H2,(H,15,16,18)/b14-7+. The number of benzene rings is 1. The fraction of sp³-hybridized carbons (Fsp3) is 0.250. The van der Waals surface area contributed by atoms with Gasteiger partial charge in [-0.2, -0.15) is 5.10 Å². The summed E-state index contributed by atoms with van der Waals surface area (Å²) in [4.78, 5) is 11.4. The number of hydrogen-bond donors (Lipinski definition) is 2. The quantitative estimate of drug-likeness (QED) is 0.642. The van der Waals surface area contributed by atoms with E-state index in [-0.39, 0.29) is 23.6 Å². The maximum atomic E-state index is 12.7. The van der Waals surface area contributed by atoms with Gasteiger partial charge in [-0.15, -0.1) is 5.10 Å². The number of rotatable bonds is 4. The maximum Gasteiger partial charge on any atom is 0.239 e. The van der Waals surface area contributed by atoms with Crippen molar-refractivity contribution in [3.05, 3.63) is 35.6 Å². The largest absolute Gasteiger partial charge is 0.396 e. The van der Waals surface area contributed by atoms with E-state index in [2.05, 4.69) is 15.5 Å². The number of halogens is 1.